The van der Waals surface area contributed by atoms with E-state index in [9.17, 15) is 4.39 Å². The van der Waals surface area contributed by atoms with Crippen molar-refractivity contribution in [3.8, 4) is 0 Å². The fraction of sp³-hybridized carbons (Fsp3) is 0.500. The van der Waals surface area contributed by atoms with Crippen LogP contribution in [0.4, 0.5) is 10.1 Å². The van der Waals surface area contributed by atoms with Crippen molar-refractivity contribution in [2.75, 3.05) is 5.32 Å². The van der Waals surface area contributed by atoms with Crippen molar-refractivity contribution in [2.24, 2.45) is 5.73 Å². The molecule has 3 N–H and O–H groups in total. The summed E-state index contributed by atoms with van der Waals surface area (Å²) in [5.41, 5.74) is 7.05. The topological polar surface area (TPSA) is 38.0 Å². The van der Waals surface area contributed by atoms with Crippen LogP contribution in [0.1, 0.15) is 45.6 Å². The van der Waals surface area contributed by atoms with E-state index in [0.29, 0.717) is 5.56 Å². The average Bonchev–Trinajstić information content (AvgIpc) is 2.37. The molecule has 0 saturated heterocycles. The van der Waals surface area contributed by atoms with E-state index in [0.717, 1.165) is 24.9 Å². The maximum atomic E-state index is 13.2. The van der Waals surface area contributed by atoms with Gasteiger partial charge in [-0.1, -0.05) is 33.0 Å². The molecular weight excluding hydrogens is 247 g/mol. The van der Waals surface area contributed by atoms with Gasteiger partial charge in [0.1, 0.15) is 10.8 Å². The van der Waals surface area contributed by atoms with Gasteiger partial charge in [0.05, 0.1) is 0 Å². The van der Waals surface area contributed by atoms with Gasteiger partial charge in [-0.2, -0.15) is 0 Å². The highest BCUT2D eigenvalue weighted by molar-refractivity contribution is 7.80. The summed E-state index contributed by atoms with van der Waals surface area (Å²) in [6, 6.07) is 4.52. The Labute approximate surface area is 114 Å². The summed E-state index contributed by atoms with van der Waals surface area (Å²) < 4.78 is 13.2. The predicted octanol–water partition coefficient (Wildman–Crippen LogP) is 3.84. The van der Waals surface area contributed by atoms with Crippen LogP contribution in [0.3, 0.4) is 0 Å². The number of rotatable bonds is 6. The molecule has 0 amide bonds. The number of halogens is 1. The minimum Gasteiger partial charge on any atom is -0.389 e. The largest absolute Gasteiger partial charge is 0.389 e. The molecule has 0 spiro atoms. The van der Waals surface area contributed by atoms with Crippen LogP contribution in [-0.2, 0) is 0 Å². The second-order valence-electron chi connectivity index (χ2n) is 4.52. The van der Waals surface area contributed by atoms with Crippen molar-refractivity contribution in [3.05, 3.63) is 29.6 Å². The summed E-state index contributed by atoms with van der Waals surface area (Å²) in [5.74, 6) is -0.321. The van der Waals surface area contributed by atoms with Crippen molar-refractivity contribution >= 4 is 22.9 Å². The van der Waals surface area contributed by atoms with Gasteiger partial charge < -0.3 is 11.1 Å². The Kier molecular flexibility index (Phi) is 5.08. The zero-order valence-electron chi connectivity index (χ0n) is 11.2. The summed E-state index contributed by atoms with van der Waals surface area (Å²) in [4.78, 5) is 0.217. The maximum absolute atomic E-state index is 13.2. The van der Waals surface area contributed by atoms with Gasteiger partial charge in [0.2, 0.25) is 0 Å². The Hall–Kier alpha value is -1.16. The van der Waals surface area contributed by atoms with E-state index < -0.39 is 0 Å². The summed E-state index contributed by atoms with van der Waals surface area (Å²) in [7, 11) is 0. The normalized spacial score (nSPS) is 11.3. The SMILES string of the molecule is CCC(CC)(CC)Nc1ccc(F)cc1C(N)=S. The van der Waals surface area contributed by atoms with Crippen LogP contribution in [0.2, 0.25) is 0 Å². The van der Waals surface area contributed by atoms with Crippen LogP contribution in [0.15, 0.2) is 18.2 Å². The molecule has 0 unspecified atom stereocenters. The van der Waals surface area contributed by atoms with Gasteiger partial charge in [-0.05, 0) is 37.5 Å². The first kappa shape index (κ1) is 14.9. The molecular formula is C14H21FN2S. The first-order valence-electron chi connectivity index (χ1n) is 6.35. The highest BCUT2D eigenvalue weighted by Crippen LogP contribution is 2.28. The third-order valence-electron chi connectivity index (χ3n) is 3.68. The highest BCUT2D eigenvalue weighted by Gasteiger charge is 2.24. The van der Waals surface area contributed by atoms with Crippen LogP contribution >= 0.6 is 12.2 Å². The van der Waals surface area contributed by atoms with Crippen molar-refractivity contribution in [1.82, 2.24) is 0 Å². The van der Waals surface area contributed by atoms with E-state index in [1.165, 1.54) is 12.1 Å². The number of nitrogens with one attached hydrogen (secondary N) is 1. The van der Waals surface area contributed by atoms with Gasteiger partial charge in [0.25, 0.3) is 0 Å². The predicted molar refractivity (Wildman–Crippen MR) is 79.5 cm³/mol. The van der Waals surface area contributed by atoms with Crippen molar-refractivity contribution in [2.45, 2.75) is 45.6 Å². The summed E-state index contributed by atoms with van der Waals surface area (Å²) in [5, 5.41) is 3.48. The molecule has 1 rings (SSSR count). The van der Waals surface area contributed by atoms with Gasteiger partial charge in [-0.25, -0.2) is 4.39 Å². The molecule has 1 aromatic carbocycles. The number of anilines is 1. The van der Waals surface area contributed by atoms with E-state index in [-0.39, 0.29) is 16.3 Å². The Balaban J connectivity index is 3.13. The second kappa shape index (κ2) is 6.14. The van der Waals surface area contributed by atoms with E-state index in [1.807, 2.05) is 0 Å². The van der Waals surface area contributed by atoms with Crippen LogP contribution in [0, 0.1) is 5.82 Å². The smallest absolute Gasteiger partial charge is 0.124 e. The van der Waals surface area contributed by atoms with Gasteiger partial charge in [0.15, 0.2) is 0 Å². The van der Waals surface area contributed by atoms with Crippen molar-refractivity contribution in [3.63, 3.8) is 0 Å². The average molecular weight is 268 g/mol. The molecule has 100 valence electrons. The maximum Gasteiger partial charge on any atom is 0.124 e. The molecule has 18 heavy (non-hydrogen) atoms. The minimum atomic E-state index is -0.321. The van der Waals surface area contributed by atoms with Crippen LogP contribution in [0.5, 0.6) is 0 Å². The quantitative estimate of drug-likeness (QED) is 0.770. The standard InChI is InChI=1S/C14H21FN2S/c1-4-14(5-2,6-3)17-12-8-7-10(15)9-11(12)13(16)18/h7-9,17H,4-6H2,1-3H3,(H2,16,18). The molecule has 1 aromatic rings. The van der Waals surface area contributed by atoms with E-state index in [1.54, 1.807) is 6.07 Å². The van der Waals surface area contributed by atoms with Crippen LogP contribution < -0.4 is 11.1 Å². The van der Waals surface area contributed by atoms with Crippen LogP contribution in [0.25, 0.3) is 0 Å². The molecule has 0 aliphatic rings. The lowest BCUT2D eigenvalue weighted by Crippen LogP contribution is -2.36. The Morgan fingerprint density at radius 1 is 1.28 bits per heavy atom. The number of hydrogen-bond acceptors (Lipinski definition) is 2. The minimum absolute atomic E-state index is 0.0113. The van der Waals surface area contributed by atoms with Gasteiger partial charge in [-0.15, -0.1) is 0 Å². The fourth-order valence-electron chi connectivity index (χ4n) is 2.13. The van der Waals surface area contributed by atoms with Gasteiger partial charge >= 0.3 is 0 Å². The lowest BCUT2D eigenvalue weighted by molar-refractivity contribution is 0.420. The van der Waals surface area contributed by atoms with E-state index in [4.69, 9.17) is 18.0 Å². The fourth-order valence-corrected chi connectivity index (χ4v) is 2.30. The molecule has 0 fully saturated rings. The van der Waals surface area contributed by atoms with Gasteiger partial charge in [0, 0.05) is 16.8 Å². The first-order valence-corrected chi connectivity index (χ1v) is 6.76. The molecule has 0 aliphatic carbocycles. The lowest BCUT2D eigenvalue weighted by atomic mass is 9.89. The molecule has 0 aliphatic heterocycles. The molecule has 0 aromatic heterocycles. The Morgan fingerprint density at radius 3 is 2.28 bits per heavy atom. The second-order valence-corrected chi connectivity index (χ2v) is 4.96. The molecule has 0 bridgehead atoms. The van der Waals surface area contributed by atoms with Crippen LogP contribution in [-0.4, -0.2) is 10.5 Å². The monoisotopic (exact) mass is 268 g/mol. The molecule has 0 atom stereocenters. The Bertz CT molecular complexity index is 420. The molecule has 2 nitrogen and oxygen atoms in total. The number of nitrogens with two attached hydrogens (primary N) is 1. The molecule has 0 radical (unpaired) electrons. The van der Waals surface area contributed by atoms with E-state index in [2.05, 4.69) is 26.1 Å². The highest BCUT2D eigenvalue weighted by atomic mass is 32.1. The summed E-state index contributed by atoms with van der Waals surface area (Å²) >= 11 is 4.98. The third-order valence-corrected chi connectivity index (χ3v) is 3.90. The lowest BCUT2D eigenvalue weighted by Gasteiger charge is -2.33. The van der Waals surface area contributed by atoms with Crippen molar-refractivity contribution in [1.29, 1.82) is 0 Å². The molecule has 0 heterocycles. The number of benzene rings is 1. The Morgan fingerprint density at radius 2 is 1.83 bits per heavy atom. The van der Waals surface area contributed by atoms with Gasteiger partial charge in [-0.3, -0.25) is 0 Å². The zero-order chi connectivity index (χ0) is 13.8. The number of hydrogen-bond donors (Lipinski definition) is 2. The first-order chi connectivity index (χ1) is 8.48. The number of thiocarbonyl (C=S) groups is 1. The summed E-state index contributed by atoms with van der Waals surface area (Å²) in [6.07, 6.45) is 2.98. The molecule has 0 saturated carbocycles. The van der Waals surface area contributed by atoms with Crippen molar-refractivity contribution < 1.29 is 4.39 Å². The van der Waals surface area contributed by atoms with E-state index >= 15 is 0 Å². The summed E-state index contributed by atoms with van der Waals surface area (Å²) in [6.45, 7) is 6.43. The zero-order valence-corrected chi connectivity index (χ0v) is 12.0. The molecule has 4 heteroatoms. The third kappa shape index (κ3) is 3.19.